The number of hydrogen-bond acceptors (Lipinski definition) is 5. The van der Waals surface area contributed by atoms with Gasteiger partial charge in [0.15, 0.2) is 4.96 Å². The van der Waals surface area contributed by atoms with E-state index in [9.17, 15) is 9.90 Å². The summed E-state index contributed by atoms with van der Waals surface area (Å²) in [6, 6.07) is 12.5. The number of benzene rings is 2. The Kier molecular flexibility index (Phi) is 3.06. The van der Waals surface area contributed by atoms with E-state index in [0.29, 0.717) is 5.56 Å². The molecule has 0 atom stereocenters. The van der Waals surface area contributed by atoms with Crippen molar-refractivity contribution in [2.45, 2.75) is 0 Å². The van der Waals surface area contributed by atoms with Crippen LogP contribution in [-0.4, -0.2) is 27.6 Å². The Hall–Kier alpha value is -2.86. The molecule has 0 spiro atoms. The Morgan fingerprint density at radius 2 is 2.13 bits per heavy atom. The fourth-order valence-electron chi connectivity index (χ4n) is 2.55. The molecule has 114 valence electrons. The second kappa shape index (κ2) is 5.10. The number of methoxy groups -OCH3 is 1. The van der Waals surface area contributed by atoms with Crippen LogP contribution in [0.25, 0.3) is 26.4 Å². The van der Waals surface area contributed by atoms with E-state index < -0.39 is 0 Å². The van der Waals surface area contributed by atoms with Gasteiger partial charge in [0, 0.05) is 11.8 Å². The number of ether oxygens (including phenoxy) is 1. The molecule has 23 heavy (non-hydrogen) atoms. The van der Waals surface area contributed by atoms with Crippen molar-refractivity contribution in [1.29, 1.82) is 0 Å². The van der Waals surface area contributed by atoms with Crippen LogP contribution in [0.4, 0.5) is 0 Å². The zero-order chi connectivity index (χ0) is 16.0. The number of fused-ring (bicyclic) bond motifs is 3. The van der Waals surface area contributed by atoms with Gasteiger partial charge in [0.1, 0.15) is 5.75 Å². The monoisotopic (exact) mass is 324 g/mol. The lowest BCUT2D eigenvalue weighted by atomic mass is 10.1. The van der Waals surface area contributed by atoms with E-state index in [-0.39, 0.29) is 11.7 Å². The van der Waals surface area contributed by atoms with E-state index in [1.807, 2.05) is 28.8 Å². The number of imidazole rings is 1. The van der Waals surface area contributed by atoms with Crippen LogP contribution in [0.1, 0.15) is 10.4 Å². The Bertz CT molecular complexity index is 1050. The highest BCUT2D eigenvalue weighted by atomic mass is 32.1. The van der Waals surface area contributed by atoms with Crippen LogP contribution in [0.3, 0.4) is 0 Å². The van der Waals surface area contributed by atoms with E-state index in [0.717, 1.165) is 26.4 Å². The minimum Gasteiger partial charge on any atom is -0.508 e. The number of thiazole rings is 1. The van der Waals surface area contributed by atoms with Gasteiger partial charge in [-0.25, -0.2) is 9.78 Å². The van der Waals surface area contributed by atoms with E-state index in [2.05, 4.69) is 4.98 Å². The van der Waals surface area contributed by atoms with Gasteiger partial charge in [-0.2, -0.15) is 0 Å². The van der Waals surface area contributed by atoms with Crippen LogP contribution in [0.5, 0.6) is 5.75 Å². The molecule has 4 aromatic rings. The average Bonchev–Trinajstić information content (AvgIpc) is 3.11. The highest BCUT2D eigenvalue weighted by molar-refractivity contribution is 7.23. The van der Waals surface area contributed by atoms with Crippen molar-refractivity contribution < 1.29 is 14.6 Å². The van der Waals surface area contributed by atoms with E-state index in [1.54, 1.807) is 24.3 Å². The molecule has 0 saturated carbocycles. The van der Waals surface area contributed by atoms with Crippen molar-refractivity contribution in [3.8, 4) is 17.0 Å². The molecule has 0 unspecified atom stereocenters. The first-order valence-electron chi connectivity index (χ1n) is 6.95. The predicted molar refractivity (Wildman–Crippen MR) is 89.0 cm³/mol. The van der Waals surface area contributed by atoms with Crippen molar-refractivity contribution >= 4 is 32.5 Å². The Balaban J connectivity index is 1.85. The number of aromatic hydroxyl groups is 1. The molecule has 0 fully saturated rings. The minimum absolute atomic E-state index is 0.244. The SMILES string of the molecule is COC(=O)c1cccc(-c2cn3c(n2)sc2cc(O)ccc23)c1. The zero-order valence-electron chi connectivity index (χ0n) is 12.2. The smallest absolute Gasteiger partial charge is 0.337 e. The molecular formula is C17H12N2O3S. The van der Waals surface area contributed by atoms with Gasteiger partial charge in [-0.3, -0.25) is 4.40 Å². The lowest BCUT2D eigenvalue weighted by molar-refractivity contribution is 0.0601. The molecule has 0 aliphatic carbocycles. The van der Waals surface area contributed by atoms with E-state index in [1.165, 1.54) is 18.4 Å². The molecule has 0 radical (unpaired) electrons. The molecule has 0 aliphatic rings. The first-order valence-corrected chi connectivity index (χ1v) is 7.77. The minimum atomic E-state index is -0.367. The third-order valence-corrected chi connectivity index (χ3v) is 4.67. The fraction of sp³-hybridized carbons (Fsp3) is 0.0588. The maximum Gasteiger partial charge on any atom is 0.337 e. The molecule has 0 aliphatic heterocycles. The number of rotatable bonds is 2. The van der Waals surface area contributed by atoms with Gasteiger partial charge in [0.05, 0.1) is 28.6 Å². The molecule has 5 nitrogen and oxygen atoms in total. The number of carbonyl (C=O) groups excluding carboxylic acids is 1. The number of nitrogens with zero attached hydrogens (tertiary/aromatic N) is 2. The molecule has 2 aromatic carbocycles. The van der Waals surface area contributed by atoms with Gasteiger partial charge in [-0.15, -0.1) is 0 Å². The first kappa shape index (κ1) is 13.8. The predicted octanol–water partition coefficient (Wildman–Crippen LogP) is 3.71. The molecule has 0 saturated heterocycles. The van der Waals surface area contributed by atoms with Gasteiger partial charge in [0.2, 0.25) is 0 Å². The summed E-state index contributed by atoms with van der Waals surface area (Å²) >= 11 is 1.51. The molecule has 6 heteroatoms. The van der Waals surface area contributed by atoms with Crippen molar-refractivity contribution in [2.24, 2.45) is 0 Å². The summed E-state index contributed by atoms with van der Waals surface area (Å²) in [5, 5.41) is 9.56. The maximum absolute atomic E-state index is 11.7. The molecular weight excluding hydrogens is 312 g/mol. The lowest BCUT2D eigenvalue weighted by Gasteiger charge is -2.01. The molecule has 2 aromatic heterocycles. The van der Waals surface area contributed by atoms with Gasteiger partial charge >= 0.3 is 5.97 Å². The third kappa shape index (κ3) is 2.24. The summed E-state index contributed by atoms with van der Waals surface area (Å²) in [5.74, 6) is -0.123. The van der Waals surface area contributed by atoms with Crippen LogP contribution in [-0.2, 0) is 4.74 Å². The third-order valence-electron chi connectivity index (χ3n) is 3.66. The Morgan fingerprint density at radius 3 is 2.96 bits per heavy atom. The van der Waals surface area contributed by atoms with E-state index >= 15 is 0 Å². The highest BCUT2D eigenvalue weighted by Crippen LogP contribution is 2.31. The van der Waals surface area contributed by atoms with Gasteiger partial charge < -0.3 is 9.84 Å². The number of aromatic nitrogens is 2. The summed E-state index contributed by atoms with van der Waals surface area (Å²) < 4.78 is 7.71. The quantitative estimate of drug-likeness (QED) is 0.571. The molecule has 1 N–H and O–H groups in total. The van der Waals surface area contributed by atoms with Gasteiger partial charge in [0.25, 0.3) is 0 Å². The Labute approximate surface area is 135 Å². The summed E-state index contributed by atoms with van der Waals surface area (Å²) in [6.45, 7) is 0. The number of phenols is 1. The summed E-state index contributed by atoms with van der Waals surface area (Å²) in [7, 11) is 1.36. The maximum atomic E-state index is 11.7. The lowest BCUT2D eigenvalue weighted by Crippen LogP contribution is -2.00. The molecule has 2 heterocycles. The molecule has 0 amide bonds. The summed E-state index contributed by atoms with van der Waals surface area (Å²) in [6.07, 6.45) is 1.93. The van der Waals surface area contributed by atoms with Crippen LogP contribution in [0, 0.1) is 0 Å². The average molecular weight is 324 g/mol. The van der Waals surface area contributed by atoms with Gasteiger partial charge in [-0.05, 0) is 30.3 Å². The second-order valence-electron chi connectivity index (χ2n) is 5.11. The summed E-state index contributed by atoms with van der Waals surface area (Å²) in [5.41, 5.74) is 3.13. The number of carbonyl (C=O) groups is 1. The summed E-state index contributed by atoms with van der Waals surface area (Å²) in [4.78, 5) is 17.1. The van der Waals surface area contributed by atoms with Crippen molar-refractivity contribution in [1.82, 2.24) is 9.38 Å². The number of hydrogen-bond donors (Lipinski definition) is 1. The van der Waals surface area contributed by atoms with Crippen molar-refractivity contribution in [3.63, 3.8) is 0 Å². The zero-order valence-corrected chi connectivity index (χ0v) is 13.0. The highest BCUT2D eigenvalue weighted by Gasteiger charge is 2.12. The largest absolute Gasteiger partial charge is 0.508 e. The van der Waals surface area contributed by atoms with E-state index in [4.69, 9.17) is 4.74 Å². The standard InChI is InChI=1S/C17H12N2O3S/c1-22-16(21)11-4-2-3-10(7-11)13-9-19-14-6-5-12(20)8-15(14)23-17(19)18-13/h2-9,20H,1H3. The number of phenolic OH excluding ortho intramolecular Hbond substituents is 1. The second-order valence-corrected chi connectivity index (χ2v) is 6.11. The van der Waals surface area contributed by atoms with Crippen LogP contribution >= 0.6 is 11.3 Å². The molecule has 4 rings (SSSR count). The van der Waals surface area contributed by atoms with Gasteiger partial charge in [-0.1, -0.05) is 23.5 Å². The fourth-order valence-corrected chi connectivity index (χ4v) is 3.59. The number of esters is 1. The van der Waals surface area contributed by atoms with Crippen LogP contribution in [0.2, 0.25) is 0 Å². The first-order chi connectivity index (χ1) is 11.2. The normalized spacial score (nSPS) is 11.2. The van der Waals surface area contributed by atoms with Crippen molar-refractivity contribution in [2.75, 3.05) is 7.11 Å². The van der Waals surface area contributed by atoms with Crippen LogP contribution in [0.15, 0.2) is 48.7 Å². The molecule has 0 bridgehead atoms. The topological polar surface area (TPSA) is 63.8 Å². The Morgan fingerprint density at radius 1 is 1.26 bits per heavy atom. The van der Waals surface area contributed by atoms with Crippen LogP contribution < -0.4 is 0 Å². The van der Waals surface area contributed by atoms with Crippen molar-refractivity contribution in [3.05, 3.63) is 54.2 Å².